The molecule has 9 heteroatoms. The molecule has 1 saturated heterocycles. The number of nitrogens with zero attached hydrogens (tertiary/aromatic N) is 2. The first-order valence-corrected chi connectivity index (χ1v) is 11.0. The monoisotopic (exact) mass is 490 g/mol. The fraction of sp³-hybridized carbons (Fsp3) is 0.938. The van der Waals surface area contributed by atoms with Crippen LogP contribution < -0.4 is 10.6 Å². The van der Waals surface area contributed by atoms with E-state index >= 15 is 0 Å². The van der Waals surface area contributed by atoms with Crippen molar-refractivity contribution in [3.63, 3.8) is 0 Å². The topological polar surface area (TPSA) is 94.0 Å². The summed E-state index contributed by atoms with van der Waals surface area (Å²) in [5.41, 5.74) is 0. The third kappa shape index (κ3) is 12.8. The van der Waals surface area contributed by atoms with Gasteiger partial charge in [0.2, 0.25) is 0 Å². The smallest absolute Gasteiger partial charge is 0.191 e. The second-order valence-corrected chi connectivity index (χ2v) is 8.91. The summed E-state index contributed by atoms with van der Waals surface area (Å²) in [5.74, 6) is 0.925. The Morgan fingerprint density at radius 1 is 1.36 bits per heavy atom. The summed E-state index contributed by atoms with van der Waals surface area (Å²) in [4.78, 5) is 6.94. The Morgan fingerprint density at radius 3 is 2.56 bits per heavy atom. The zero-order valence-corrected chi connectivity index (χ0v) is 18.8. The predicted octanol–water partition coefficient (Wildman–Crippen LogP) is 0.830. The number of sulfone groups is 1. The quantitative estimate of drug-likeness (QED) is 0.192. The summed E-state index contributed by atoms with van der Waals surface area (Å²) < 4.78 is 22.5. The van der Waals surface area contributed by atoms with E-state index in [-0.39, 0.29) is 41.9 Å². The van der Waals surface area contributed by atoms with Gasteiger partial charge in [-0.1, -0.05) is 0 Å². The van der Waals surface area contributed by atoms with E-state index in [2.05, 4.69) is 20.5 Å². The highest BCUT2D eigenvalue weighted by Crippen LogP contribution is 2.09. The van der Waals surface area contributed by atoms with E-state index in [9.17, 15) is 13.5 Å². The minimum absolute atomic E-state index is 0. The molecule has 3 N–H and O–H groups in total. The second kappa shape index (κ2) is 13.1. The number of rotatable bonds is 9. The van der Waals surface area contributed by atoms with Crippen molar-refractivity contribution in [3.05, 3.63) is 0 Å². The average Bonchev–Trinajstić information content (AvgIpc) is 2.51. The Balaban J connectivity index is 0.00000576. The van der Waals surface area contributed by atoms with Gasteiger partial charge in [0.1, 0.15) is 9.84 Å². The summed E-state index contributed by atoms with van der Waals surface area (Å²) in [5, 5.41) is 16.0. The van der Waals surface area contributed by atoms with Crippen molar-refractivity contribution < 1.29 is 13.5 Å². The van der Waals surface area contributed by atoms with Gasteiger partial charge in [-0.15, -0.1) is 24.0 Å². The molecule has 1 aliphatic rings. The number of nitrogens with one attached hydrogen (secondary N) is 2. The van der Waals surface area contributed by atoms with Crippen LogP contribution in [0.5, 0.6) is 0 Å². The van der Waals surface area contributed by atoms with Crippen LogP contribution in [0, 0.1) is 0 Å². The van der Waals surface area contributed by atoms with Crippen LogP contribution in [0.1, 0.15) is 39.5 Å². The van der Waals surface area contributed by atoms with Crippen molar-refractivity contribution >= 4 is 39.8 Å². The SMILES string of the molecule is CCNC(=NCCCN1CCC(O)CC1)NC(C)CCS(C)(=O)=O.I. The Morgan fingerprint density at radius 2 is 2.00 bits per heavy atom. The predicted molar refractivity (Wildman–Crippen MR) is 115 cm³/mol. The molecule has 1 unspecified atom stereocenters. The van der Waals surface area contributed by atoms with Crippen molar-refractivity contribution in [2.75, 3.05) is 44.7 Å². The molecule has 7 nitrogen and oxygen atoms in total. The molecule has 1 fully saturated rings. The Kier molecular flexibility index (Phi) is 13.0. The lowest BCUT2D eigenvalue weighted by molar-refractivity contribution is 0.0824. The molecule has 1 rings (SSSR count). The van der Waals surface area contributed by atoms with Crippen molar-refractivity contribution in [1.29, 1.82) is 0 Å². The van der Waals surface area contributed by atoms with Crippen LogP contribution in [0.2, 0.25) is 0 Å². The second-order valence-electron chi connectivity index (χ2n) is 6.65. The molecule has 150 valence electrons. The zero-order chi connectivity index (χ0) is 18.0. The highest BCUT2D eigenvalue weighted by molar-refractivity contribution is 14.0. The van der Waals surface area contributed by atoms with E-state index in [1.807, 2.05) is 13.8 Å². The number of halogens is 1. The van der Waals surface area contributed by atoms with Gasteiger partial charge in [-0.2, -0.15) is 0 Å². The molecule has 0 aromatic carbocycles. The third-order valence-corrected chi connectivity index (χ3v) is 5.09. The summed E-state index contributed by atoms with van der Waals surface area (Å²) in [7, 11) is -2.93. The number of hydrogen-bond donors (Lipinski definition) is 3. The van der Waals surface area contributed by atoms with Gasteiger partial charge in [0.05, 0.1) is 11.9 Å². The molecule has 0 radical (unpaired) electrons. The summed E-state index contributed by atoms with van der Waals surface area (Å²) in [6, 6.07) is 0.0566. The third-order valence-electron chi connectivity index (χ3n) is 4.11. The first-order valence-electron chi connectivity index (χ1n) is 8.93. The van der Waals surface area contributed by atoms with Crippen LogP contribution in [0.25, 0.3) is 0 Å². The standard InChI is InChI=1S/C16H34N4O3S.HI/c1-4-17-16(19-14(2)8-13-24(3,22)23)18-9-5-10-20-11-6-15(21)7-12-20;/h14-15,21H,4-13H2,1-3H3,(H2,17,18,19);1H. The molecule has 1 atom stereocenters. The number of aliphatic hydroxyl groups excluding tert-OH is 1. The first kappa shape index (κ1) is 24.9. The number of guanidine groups is 1. The molecule has 0 aliphatic carbocycles. The minimum Gasteiger partial charge on any atom is -0.393 e. The first-order chi connectivity index (χ1) is 11.3. The molecule has 0 spiro atoms. The van der Waals surface area contributed by atoms with E-state index in [1.165, 1.54) is 6.26 Å². The van der Waals surface area contributed by atoms with Crippen LogP contribution in [0.15, 0.2) is 4.99 Å². The van der Waals surface area contributed by atoms with Gasteiger partial charge < -0.3 is 20.6 Å². The lowest BCUT2D eigenvalue weighted by Gasteiger charge is -2.29. The van der Waals surface area contributed by atoms with Crippen LogP contribution in [-0.4, -0.2) is 81.3 Å². The van der Waals surface area contributed by atoms with Crippen LogP contribution >= 0.6 is 24.0 Å². The van der Waals surface area contributed by atoms with Crippen LogP contribution in [0.4, 0.5) is 0 Å². The van der Waals surface area contributed by atoms with Crippen LogP contribution in [-0.2, 0) is 9.84 Å². The zero-order valence-electron chi connectivity index (χ0n) is 15.7. The molecule has 0 saturated carbocycles. The Labute approximate surface area is 170 Å². The molecular weight excluding hydrogens is 455 g/mol. The van der Waals surface area contributed by atoms with Gasteiger partial charge in [-0.25, -0.2) is 8.42 Å². The molecule has 0 bridgehead atoms. The molecular formula is C16H35IN4O3S. The molecule has 25 heavy (non-hydrogen) atoms. The molecule has 0 amide bonds. The van der Waals surface area contributed by atoms with Crippen molar-refractivity contribution in [2.45, 2.75) is 51.7 Å². The maximum atomic E-state index is 11.2. The van der Waals surface area contributed by atoms with Crippen molar-refractivity contribution in [3.8, 4) is 0 Å². The van der Waals surface area contributed by atoms with Gasteiger partial charge >= 0.3 is 0 Å². The van der Waals surface area contributed by atoms with Gasteiger partial charge in [0, 0.05) is 38.5 Å². The Bertz CT molecular complexity index is 480. The lowest BCUT2D eigenvalue weighted by Crippen LogP contribution is -2.43. The lowest BCUT2D eigenvalue weighted by atomic mass is 10.1. The highest BCUT2D eigenvalue weighted by atomic mass is 127. The van der Waals surface area contributed by atoms with Crippen molar-refractivity contribution in [2.24, 2.45) is 4.99 Å². The molecule has 0 aromatic heterocycles. The summed E-state index contributed by atoms with van der Waals surface area (Å²) in [6.07, 6.45) is 4.41. The van der Waals surface area contributed by atoms with Gasteiger partial charge in [-0.3, -0.25) is 4.99 Å². The van der Waals surface area contributed by atoms with Gasteiger partial charge in [0.15, 0.2) is 5.96 Å². The van der Waals surface area contributed by atoms with E-state index in [1.54, 1.807) is 0 Å². The number of piperidine rings is 1. The van der Waals surface area contributed by atoms with Crippen molar-refractivity contribution in [1.82, 2.24) is 15.5 Å². The van der Waals surface area contributed by atoms with E-state index in [0.29, 0.717) is 6.42 Å². The normalized spacial score (nSPS) is 18.5. The maximum Gasteiger partial charge on any atom is 0.191 e. The fourth-order valence-corrected chi connectivity index (χ4v) is 3.43. The fourth-order valence-electron chi connectivity index (χ4n) is 2.64. The van der Waals surface area contributed by atoms with E-state index < -0.39 is 9.84 Å². The largest absolute Gasteiger partial charge is 0.393 e. The molecule has 0 aromatic rings. The average molecular weight is 490 g/mol. The van der Waals surface area contributed by atoms with Crippen LogP contribution in [0.3, 0.4) is 0 Å². The molecule has 1 aliphatic heterocycles. The number of likely N-dealkylation sites (tertiary alicyclic amines) is 1. The van der Waals surface area contributed by atoms with Gasteiger partial charge in [-0.05, 0) is 46.1 Å². The number of aliphatic hydroxyl groups is 1. The minimum atomic E-state index is -2.93. The maximum absolute atomic E-state index is 11.2. The van der Waals surface area contributed by atoms with E-state index in [0.717, 1.165) is 57.9 Å². The number of hydrogen-bond acceptors (Lipinski definition) is 5. The number of aliphatic imine (C=N–C) groups is 1. The summed E-state index contributed by atoms with van der Waals surface area (Å²) >= 11 is 0. The summed E-state index contributed by atoms with van der Waals surface area (Å²) in [6.45, 7) is 8.41. The Hall–Kier alpha value is -0.130. The van der Waals surface area contributed by atoms with Gasteiger partial charge in [0.25, 0.3) is 0 Å². The van der Waals surface area contributed by atoms with E-state index in [4.69, 9.17) is 0 Å². The highest BCUT2D eigenvalue weighted by Gasteiger charge is 2.16. The molecule has 1 heterocycles.